The number of nitrogens with zero attached hydrogens (tertiary/aromatic N) is 1. The third-order valence-electron chi connectivity index (χ3n) is 4.99. The number of methoxy groups -OCH3 is 1. The van der Waals surface area contributed by atoms with Crippen molar-refractivity contribution in [2.45, 2.75) is 31.0 Å². The molecule has 1 saturated heterocycles. The number of morpholine rings is 1. The molecule has 1 heterocycles. The van der Waals surface area contributed by atoms with Crippen molar-refractivity contribution in [3.8, 4) is 5.75 Å². The molecule has 0 spiro atoms. The maximum atomic E-state index is 12.7. The molecule has 1 amide bonds. The van der Waals surface area contributed by atoms with Gasteiger partial charge < -0.3 is 14.8 Å². The predicted octanol–water partition coefficient (Wildman–Crippen LogP) is 2.33. The van der Waals surface area contributed by atoms with Crippen LogP contribution in [-0.4, -0.2) is 64.7 Å². The van der Waals surface area contributed by atoms with E-state index >= 15 is 0 Å². The molecular formula is C22H29N3O5S. The normalized spacial score (nSPS) is 19.6. The number of rotatable bonds is 8. The van der Waals surface area contributed by atoms with Gasteiger partial charge in [-0.1, -0.05) is 12.1 Å². The summed E-state index contributed by atoms with van der Waals surface area (Å²) < 4.78 is 38.7. The molecule has 1 aliphatic rings. The van der Waals surface area contributed by atoms with Crippen LogP contribution in [0.25, 0.3) is 0 Å². The first-order valence-electron chi connectivity index (χ1n) is 10.2. The first kappa shape index (κ1) is 23.1. The Balaban J connectivity index is 1.57. The topological polar surface area (TPSA) is 97.0 Å². The van der Waals surface area contributed by atoms with Crippen molar-refractivity contribution in [1.29, 1.82) is 0 Å². The second-order valence-electron chi connectivity index (χ2n) is 7.60. The van der Waals surface area contributed by atoms with Crippen LogP contribution in [-0.2, 0) is 14.8 Å². The van der Waals surface area contributed by atoms with Crippen molar-refractivity contribution in [3.05, 3.63) is 54.1 Å². The molecule has 0 saturated carbocycles. The molecule has 1 aliphatic heterocycles. The third kappa shape index (κ3) is 6.19. The van der Waals surface area contributed by atoms with Gasteiger partial charge in [0.05, 0.1) is 29.9 Å². The maximum absolute atomic E-state index is 12.7. The van der Waals surface area contributed by atoms with E-state index in [1.807, 2.05) is 13.8 Å². The number of hydrogen-bond acceptors (Lipinski definition) is 6. The molecule has 0 aliphatic carbocycles. The molecule has 1 fully saturated rings. The Labute approximate surface area is 183 Å². The number of anilines is 1. The van der Waals surface area contributed by atoms with Crippen LogP contribution in [0, 0.1) is 0 Å². The smallest absolute Gasteiger partial charge is 0.262 e. The second kappa shape index (κ2) is 10.1. The van der Waals surface area contributed by atoms with E-state index in [0.29, 0.717) is 23.5 Å². The van der Waals surface area contributed by atoms with E-state index in [-0.39, 0.29) is 23.0 Å². The van der Waals surface area contributed by atoms with Crippen LogP contribution in [0.4, 0.5) is 5.69 Å². The number of sulfonamides is 1. The van der Waals surface area contributed by atoms with Crippen molar-refractivity contribution < 1.29 is 22.7 Å². The fourth-order valence-electron chi connectivity index (χ4n) is 3.61. The number of carbonyl (C=O) groups is 1. The van der Waals surface area contributed by atoms with Crippen molar-refractivity contribution in [1.82, 2.24) is 10.2 Å². The molecule has 2 N–H and O–H groups in total. The van der Waals surface area contributed by atoms with Gasteiger partial charge in [-0.05, 0) is 50.2 Å². The van der Waals surface area contributed by atoms with Crippen molar-refractivity contribution >= 4 is 21.6 Å². The standard InChI is InChI=1S/C22H29N3O5S/c1-16-14-25(15-17(2)30-16)13-12-23-22(26)18-8-10-19(11-9-18)31(27,28)24-20-6-4-5-7-21(20)29-3/h4-11,16-17,24H,12-15H2,1-3H3,(H,23,26). The van der Waals surface area contributed by atoms with Gasteiger partial charge in [0.1, 0.15) is 5.75 Å². The van der Waals surface area contributed by atoms with Gasteiger partial charge >= 0.3 is 0 Å². The Kier molecular flexibility index (Phi) is 7.53. The molecule has 0 aromatic heterocycles. The number of hydrogen-bond donors (Lipinski definition) is 2. The van der Waals surface area contributed by atoms with Crippen LogP contribution in [0.3, 0.4) is 0 Å². The quantitative estimate of drug-likeness (QED) is 0.645. The van der Waals surface area contributed by atoms with Gasteiger partial charge in [-0.25, -0.2) is 8.42 Å². The lowest BCUT2D eigenvalue weighted by Crippen LogP contribution is -2.47. The van der Waals surface area contributed by atoms with Crippen molar-refractivity contribution in [2.24, 2.45) is 0 Å². The Hall–Kier alpha value is -2.62. The fraction of sp³-hybridized carbons (Fsp3) is 0.409. The van der Waals surface area contributed by atoms with Crippen LogP contribution in [0.15, 0.2) is 53.4 Å². The molecule has 2 unspecified atom stereocenters. The van der Waals surface area contributed by atoms with Crippen LogP contribution < -0.4 is 14.8 Å². The summed E-state index contributed by atoms with van der Waals surface area (Å²) in [5.74, 6) is 0.183. The molecular weight excluding hydrogens is 418 g/mol. The average molecular weight is 448 g/mol. The molecule has 168 valence electrons. The SMILES string of the molecule is COc1ccccc1NS(=O)(=O)c1ccc(C(=O)NCCN2CC(C)OC(C)C2)cc1. The van der Waals surface area contributed by atoms with E-state index < -0.39 is 10.0 Å². The van der Waals surface area contributed by atoms with Gasteiger partial charge in [-0.15, -0.1) is 0 Å². The Morgan fingerprint density at radius 2 is 1.74 bits per heavy atom. The lowest BCUT2D eigenvalue weighted by molar-refractivity contribution is -0.0672. The van der Waals surface area contributed by atoms with E-state index in [0.717, 1.165) is 19.6 Å². The molecule has 31 heavy (non-hydrogen) atoms. The van der Waals surface area contributed by atoms with Gasteiger partial charge in [-0.2, -0.15) is 0 Å². The van der Waals surface area contributed by atoms with Gasteiger partial charge in [0.25, 0.3) is 15.9 Å². The maximum Gasteiger partial charge on any atom is 0.262 e. The molecule has 0 radical (unpaired) electrons. The molecule has 3 rings (SSSR count). The Morgan fingerprint density at radius 1 is 1.10 bits per heavy atom. The summed E-state index contributed by atoms with van der Waals surface area (Å²) >= 11 is 0. The highest BCUT2D eigenvalue weighted by Gasteiger charge is 2.22. The number of amides is 1. The van der Waals surface area contributed by atoms with E-state index in [1.54, 1.807) is 24.3 Å². The number of carbonyl (C=O) groups excluding carboxylic acids is 1. The molecule has 8 nitrogen and oxygen atoms in total. The largest absolute Gasteiger partial charge is 0.495 e. The highest BCUT2D eigenvalue weighted by Crippen LogP contribution is 2.26. The number of benzene rings is 2. The summed E-state index contributed by atoms with van der Waals surface area (Å²) in [6, 6.07) is 12.6. The van der Waals surface area contributed by atoms with E-state index in [2.05, 4.69) is 14.9 Å². The predicted molar refractivity (Wildman–Crippen MR) is 119 cm³/mol. The summed E-state index contributed by atoms with van der Waals surface area (Å²) in [6.45, 7) is 7.00. The second-order valence-corrected chi connectivity index (χ2v) is 9.29. The Morgan fingerprint density at radius 3 is 2.39 bits per heavy atom. The zero-order valence-electron chi connectivity index (χ0n) is 18.0. The van der Waals surface area contributed by atoms with Gasteiger partial charge in [0.2, 0.25) is 0 Å². The summed E-state index contributed by atoms with van der Waals surface area (Å²) in [5.41, 5.74) is 0.749. The van der Waals surface area contributed by atoms with Crippen molar-refractivity contribution in [3.63, 3.8) is 0 Å². The molecule has 2 aromatic rings. The summed E-state index contributed by atoms with van der Waals surface area (Å²) in [4.78, 5) is 14.7. The number of para-hydroxylation sites is 2. The van der Waals surface area contributed by atoms with Gasteiger partial charge in [0.15, 0.2) is 0 Å². The molecule has 2 atom stereocenters. The minimum Gasteiger partial charge on any atom is -0.495 e. The van der Waals surface area contributed by atoms with E-state index in [1.165, 1.54) is 31.4 Å². The summed E-state index contributed by atoms with van der Waals surface area (Å²) in [7, 11) is -2.34. The minimum atomic E-state index is -3.81. The van der Waals surface area contributed by atoms with Crippen LogP contribution in [0.1, 0.15) is 24.2 Å². The number of nitrogens with one attached hydrogen (secondary N) is 2. The highest BCUT2D eigenvalue weighted by molar-refractivity contribution is 7.92. The zero-order valence-corrected chi connectivity index (χ0v) is 18.8. The fourth-order valence-corrected chi connectivity index (χ4v) is 4.69. The molecule has 0 bridgehead atoms. The highest BCUT2D eigenvalue weighted by atomic mass is 32.2. The first-order chi connectivity index (χ1) is 14.8. The Bertz CT molecular complexity index is 984. The molecule has 9 heteroatoms. The van der Waals surface area contributed by atoms with Crippen LogP contribution in [0.5, 0.6) is 5.75 Å². The number of ether oxygens (including phenoxy) is 2. The van der Waals surface area contributed by atoms with Crippen LogP contribution in [0.2, 0.25) is 0 Å². The van der Waals surface area contributed by atoms with E-state index in [4.69, 9.17) is 9.47 Å². The first-order valence-corrected chi connectivity index (χ1v) is 11.7. The van der Waals surface area contributed by atoms with E-state index in [9.17, 15) is 13.2 Å². The van der Waals surface area contributed by atoms with Crippen molar-refractivity contribution in [2.75, 3.05) is 38.0 Å². The average Bonchev–Trinajstić information content (AvgIpc) is 2.73. The third-order valence-corrected chi connectivity index (χ3v) is 6.37. The lowest BCUT2D eigenvalue weighted by Gasteiger charge is -2.35. The van der Waals surface area contributed by atoms with Gasteiger partial charge in [0, 0.05) is 31.7 Å². The monoisotopic (exact) mass is 447 g/mol. The van der Waals surface area contributed by atoms with Crippen LogP contribution >= 0.6 is 0 Å². The zero-order chi connectivity index (χ0) is 22.4. The van der Waals surface area contributed by atoms with Gasteiger partial charge in [-0.3, -0.25) is 14.4 Å². The lowest BCUT2D eigenvalue weighted by atomic mass is 10.2. The minimum absolute atomic E-state index is 0.0613. The molecule has 2 aromatic carbocycles. The summed E-state index contributed by atoms with van der Waals surface area (Å²) in [5, 5.41) is 2.89. The summed E-state index contributed by atoms with van der Waals surface area (Å²) in [6.07, 6.45) is 0.358.